The van der Waals surface area contributed by atoms with Crippen molar-refractivity contribution in [3.8, 4) is 5.75 Å². The average molecular weight is 458 g/mol. The minimum Gasteiger partial charge on any atom is -0.482 e. The third-order valence-corrected chi connectivity index (χ3v) is 8.00. The number of sulfonamides is 1. The number of fused-ring (bicyclic) bond motifs is 1. The van der Waals surface area contributed by atoms with Crippen molar-refractivity contribution in [3.63, 3.8) is 0 Å². The topological polar surface area (TPSA) is 114 Å². The van der Waals surface area contributed by atoms with E-state index in [2.05, 4.69) is 10.6 Å². The van der Waals surface area contributed by atoms with E-state index in [1.54, 1.807) is 0 Å². The lowest BCUT2D eigenvalue weighted by atomic mass is 9.97. The van der Waals surface area contributed by atoms with Crippen molar-refractivity contribution in [2.75, 3.05) is 38.2 Å². The molecule has 9 nitrogen and oxygen atoms in total. The van der Waals surface area contributed by atoms with Crippen LogP contribution in [0.15, 0.2) is 17.0 Å². The Morgan fingerprint density at radius 1 is 1.27 bits per heavy atom. The number of nitrogens with one attached hydrogen (secondary N) is 2. The molecule has 2 saturated heterocycles. The van der Waals surface area contributed by atoms with E-state index in [-0.39, 0.29) is 59.2 Å². The molecule has 0 aromatic heterocycles. The summed E-state index contributed by atoms with van der Waals surface area (Å²) in [6.07, 6.45) is 2.91. The molecule has 0 aliphatic carbocycles. The molecule has 3 aliphatic heterocycles. The number of anilines is 1. The number of hydrogen-bond acceptors (Lipinski definition) is 6. The van der Waals surface area contributed by atoms with Gasteiger partial charge in [0, 0.05) is 38.2 Å². The molecule has 3 aliphatic rings. The molecule has 164 valence electrons. The first-order valence-corrected chi connectivity index (χ1v) is 11.8. The van der Waals surface area contributed by atoms with Gasteiger partial charge in [0.2, 0.25) is 15.9 Å². The van der Waals surface area contributed by atoms with E-state index < -0.39 is 10.0 Å². The smallest absolute Gasteiger partial charge is 0.262 e. The van der Waals surface area contributed by atoms with Crippen LogP contribution >= 0.6 is 11.6 Å². The van der Waals surface area contributed by atoms with Gasteiger partial charge < -0.3 is 20.1 Å². The van der Waals surface area contributed by atoms with Gasteiger partial charge in [0.25, 0.3) is 5.91 Å². The van der Waals surface area contributed by atoms with E-state index in [0.29, 0.717) is 25.1 Å². The number of rotatable bonds is 5. The standard InChI is InChI=1S/C19H24ClN3O6S/c20-14-8-15-16(29-11-18(24)22-15)9-17(14)30(26,27)23-5-3-12(4-6-23)19(25)21-10-13-2-1-7-28-13/h8-9,12-13H,1-7,10-11H2,(H,21,25)(H,22,24). The fourth-order valence-corrected chi connectivity index (χ4v) is 5.93. The Bertz CT molecular complexity index is 940. The molecule has 1 atom stereocenters. The van der Waals surface area contributed by atoms with Crippen LogP contribution < -0.4 is 15.4 Å². The second-order valence-electron chi connectivity index (χ2n) is 7.67. The largest absolute Gasteiger partial charge is 0.482 e. The lowest BCUT2D eigenvalue weighted by Crippen LogP contribution is -2.44. The van der Waals surface area contributed by atoms with Crippen molar-refractivity contribution < 1.29 is 27.5 Å². The lowest BCUT2D eigenvalue weighted by Gasteiger charge is -2.31. The maximum atomic E-state index is 13.1. The fourth-order valence-electron chi connectivity index (χ4n) is 3.94. The molecule has 0 saturated carbocycles. The Balaban J connectivity index is 1.39. The number of halogens is 1. The van der Waals surface area contributed by atoms with Gasteiger partial charge in [0.15, 0.2) is 6.61 Å². The van der Waals surface area contributed by atoms with Crippen LogP contribution in [0, 0.1) is 5.92 Å². The molecule has 2 fully saturated rings. The van der Waals surface area contributed by atoms with E-state index in [0.717, 1.165) is 19.4 Å². The van der Waals surface area contributed by atoms with Gasteiger partial charge in [-0.05, 0) is 31.7 Å². The molecule has 3 heterocycles. The van der Waals surface area contributed by atoms with Crippen molar-refractivity contribution in [1.82, 2.24) is 9.62 Å². The Morgan fingerprint density at radius 3 is 2.73 bits per heavy atom. The first-order chi connectivity index (χ1) is 14.3. The van der Waals surface area contributed by atoms with Crippen LogP contribution in [0.3, 0.4) is 0 Å². The summed E-state index contributed by atoms with van der Waals surface area (Å²) in [5.41, 5.74) is 0.344. The fraction of sp³-hybridized carbons (Fsp3) is 0.579. The molecule has 0 bridgehead atoms. The zero-order valence-corrected chi connectivity index (χ0v) is 17.9. The lowest BCUT2D eigenvalue weighted by molar-refractivity contribution is -0.126. The Hall–Kier alpha value is -1.88. The molecular weight excluding hydrogens is 434 g/mol. The van der Waals surface area contributed by atoms with Gasteiger partial charge in [0.05, 0.1) is 16.8 Å². The number of carbonyl (C=O) groups is 2. The van der Waals surface area contributed by atoms with Crippen molar-refractivity contribution in [3.05, 3.63) is 17.2 Å². The molecular formula is C19H24ClN3O6S. The molecule has 11 heteroatoms. The molecule has 1 unspecified atom stereocenters. The molecule has 1 aromatic rings. The monoisotopic (exact) mass is 457 g/mol. The highest BCUT2D eigenvalue weighted by Gasteiger charge is 2.34. The predicted molar refractivity (Wildman–Crippen MR) is 109 cm³/mol. The number of carbonyl (C=O) groups excluding carboxylic acids is 2. The van der Waals surface area contributed by atoms with Crippen molar-refractivity contribution in [2.45, 2.75) is 36.7 Å². The Kier molecular flexibility index (Phi) is 6.19. The second-order valence-corrected chi connectivity index (χ2v) is 9.99. The van der Waals surface area contributed by atoms with Crippen LogP contribution in [0.1, 0.15) is 25.7 Å². The van der Waals surface area contributed by atoms with E-state index in [4.69, 9.17) is 21.1 Å². The summed E-state index contributed by atoms with van der Waals surface area (Å²) < 4.78 is 38.4. The number of amides is 2. The van der Waals surface area contributed by atoms with E-state index in [1.165, 1.54) is 16.4 Å². The highest BCUT2D eigenvalue weighted by molar-refractivity contribution is 7.89. The summed E-state index contributed by atoms with van der Waals surface area (Å²) in [6, 6.07) is 2.72. The van der Waals surface area contributed by atoms with E-state index in [1.807, 2.05) is 0 Å². The van der Waals surface area contributed by atoms with Crippen LogP contribution in [-0.4, -0.2) is 63.5 Å². The molecule has 30 heavy (non-hydrogen) atoms. The summed E-state index contributed by atoms with van der Waals surface area (Å²) in [5.74, 6) is -0.344. The highest BCUT2D eigenvalue weighted by Crippen LogP contribution is 2.37. The number of hydrogen-bond donors (Lipinski definition) is 2. The summed E-state index contributed by atoms with van der Waals surface area (Å²) in [5, 5.41) is 5.53. The average Bonchev–Trinajstić information content (AvgIpc) is 3.25. The Labute approximate surface area is 180 Å². The number of ether oxygens (including phenoxy) is 2. The van der Waals surface area contributed by atoms with Crippen LogP contribution in [0.2, 0.25) is 5.02 Å². The van der Waals surface area contributed by atoms with Gasteiger partial charge in [-0.3, -0.25) is 9.59 Å². The summed E-state index contributed by atoms with van der Waals surface area (Å²) in [4.78, 5) is 23.8. The van der Waals surface area contributed by atoms with Crippen LogP contribution in [0.5, 0.6) is 5.75 Å². The van der Waals surface area contributed by atoms with Gasteiger partial charge in [0.1, 0.15) is 10.6 Å². The van der Waals surface area contributed by atoms with Crippen molar-refractivity contribution >= 4 is 39.1 Å². The molecule has 1 aromatic carbocycles. The SMILES string of the molecule is O=C1COc2cc(S(=O)(=O)N3CCC(C(=O)NCC4CCCO4)CC3)c(Cl)cc2N1. The van der Waals surface area contributed by atoms with Gasteiger partial charge >= 0.3 is 0 Å². The third kappa shape index (κ3) is 4.41. The quantitative estimate of drug-likeness (QED) is 0.690. The summed E-state index contributed by atoms with van der Waals surface area (Å²) >= 11 is 6.21. The van der Waals surface area contributed by atoms with Crippen LogP contribution in [0.25, 0.3) is 0 Å². The summed E-state index contributed by atoms with van der Waals surface area (Å²) in [6.45, 7) is 1.51. The number of benzene rings is 1. The van der Waals surface area contributed by atoms with E-state index in [9.17, 15) is 18.0 Å². The van der Waals surface area contributed by atoms with Crippen LogP contribution in [0.4, 0.5) is 5.69 Å². The molecule has 0 spiro atoms. The zero-order chi connectivity index (χ0) is 21.3. The maximum absolute atomic E-state index is 13.1. The Morgan fingerprint density at radius 2 is 2.03 bits per heavy atom. The first kappa shape index (κ1) is 21.4. The summed E-state index contributed by atoms with van der Waals surface area (Å²) in [7, 11) is -3.86. The van der Waals surface area contributed by atoms with Crippen molar-refractivity contribution in [1.29, 1.82) is 0 Å². The van der Waals surface area contributed by atoms with Gasteiger partial charge in [-0.15, -0.1) is 0 Å². The number of nitrogens with zero attached hydrogens (tertiary/aromatic N) is 1. The normalized spacial score (nSPS) is 22.8. The highest BCUT2D eigenvalue weighted by atomic mass is 35.5. The van der Waals surface area contributed by atoms with Gasteiger partial charge in [-0.25, -0.2) is 8.42 Å². The molecule has 2 amide bonds. The second kappa shape index (κ2) is 8.70. The van der Waals surface area contributed by atoms with Crippen molar-refractivity contribution in [2.24, 2.45) is 5.92 Å². The molecule has 0 radical (unpaired) electrons. The van der Waals surface area contributed by atoms with Crippen LogP contribution in [-0.2, 0) is 24.3 Å². The number of piperidine rings is 1. The molecule has 2 N–H and O–H groups in total. The third-order valence-electron chi connectivity index (χ3n) is 5.64. The first-order valence-electron chi connectivity index (χ1n) is 10.0. The van der Waals surface area contributed by atoms with Gasteiger partial charge in [-0.2, -0.15) is 4.31 Å². The minimum absolute atomic E-state index is 0.0102. The maximum Gasteiger partial charge on any atom is 0.262 e. The zero-order valence-electron chi connectivity index (χ0n) is 16.4. The van der Waals surface area contributed by atoms with Gasteiger partial charge in [-0.1, -0.05) is 11.6 Å². The minimum atomic E-state index is -3.86. The van der Waals surface area contributed by atoms with E-state index >= 15 is 0 Å². The molecule has 4 rings (SSSR count). The predicted octanol–water partition coefficient (Wildman–Crippen LogP) is 1.37.